The van der Waals surface area contributed by atoms with Gasteiger partial charge in [0.05, 0.1) is 16.9 Å². The molecule has 308 valence electrons. The van der Waals surface area contributed by atoms with Crippen LogP contribution in [0.4, 0.5) is 22.9 Å². The van der Waals surface area contributed by atoms with E-state index in [2.05, 4.69) is 191 Å². The summed E-state index contributed by atoms with van der Waals surface area (Å²) in [6, 6.07) is 38.6. The van der Waals surface area contributed by atoms with Crippen molar-refractivity contribution in [3.8, 4) is 11.5 Å². The van der Waals surface area contributed by atoms with Crippen LogP contribution in [0.15, 0.2) is 96.1 Å². The Balaban J connectivity index is 0.00000499. The minimum absolute atomic E-state index is 0. The summed E-state index contributed by atoms with van der Waals surface area (Å²) in [5.41, 5.74) is 16.5. The molecule has 0 radical (unpaired) electrons. The average Bonchev–Trinajstić information content (AvgIpc) is 3.52. The summed E-state index contributed by atoms with van der Waals surface area (Å²) in [5, 5.41) is 0. The van der Waals surface area contributed by atoms with Gasteiger partial charge in [-0.05, 0) is 92.0 Å². The average molecular weight is 972 g/mol. The molecule has 5 aromatic carbocycles. The van der Waals surface area contributed by atoms with Crippen LogP contribution in [0.3, 0.4) is 0 Å². The van der Waals surface area contributed by atoms with Gasteiger partial charge < -0.3 is 19.5 Å². The minimum atomic E-state index is -0.410. The van der Waals surface area contributed by atoms with E-state index < -0.39 is 11.1 Å². The second kappa shape index (κ2) is 14.3. The molecule has 0 fully saturated rings. The monoisotopic (exact) mass is 971 g/mol. The van der Waals surface area contributed by atoms with Crippen molar-refractivity contribution in [1.29, 1.82) is 0 Å². The van der Waals surface area contributed by atoms with Gasteiger partial charge in [0, 0.05) is 40.0 Å². The van der Waals surface area contributed by atoms with Crippen LogP contribution >= 0.6 is 0 Å². The van der Waals surface area contributed by atoms with E-state index in [1.54, 1.807) is 0 Å². The van der Waals surface area contributed by atoms with Gasteiger partial charge in [0.1, 0.15) is 5.82 Å². The van der Waals surface area contributed by atoms with Gasteiger partial charge in [0.15, 0.2) is 0 Å². The van der Waals surface area contributed by atoms with Crippen molar-refractivity contribution in [2.75, 3.05) is 9.80 Å². The molecule has 0 saturated heterocycles. The molecule has 60 heavy (non-hydrogen) atoms. The maximum Gasteiger partial charge on any atom is 2.00 e. The van der Waals surface area contributed by atoms with E-state index in [0.29, 0.717) is 11.5 Å². The van der Waals surface area contributed by atoms with Crippen molar-refractivity contribution in [2.45, 2.75) is 118 Å². The molecule has 5 nitrogen and oxygen atoms in total. The normalized spacial score (nSPS) is 19.9. The van der Waals surface area contributed by atoms with E-state index in [1.807, 2.05) is 12.3 Å². The summed E-state index contributed by atoms with van der Waals surface area (Å²) >= 11 is 0. The third-order valence-corrected chi connectivity index (χ3v) is 13.5. The Morgan fingerprint density at radius 2 is 1.38 bits per heavy atom. The Bertz CT molecular complexity index is 2740. The van der Waals surface area contributed by atoms with E-state index in [-0.39, 0.29) is 31.9 Å². The quantitative estimate of drug-likeness (QED) is 0.161. The Morgan fingerprint density at radius 1 is 0.700 bits per heavy atom. The van der Waals surface area contributed by atoms with Gasteiger partial charge in [-0.25, -0.2) is 4.98 Å². The second-order valence-corrected chi connectivity index (χ2v) is 19.4. The molecule has 6 aromatic rings. The molecular formula is C54H56N4OPt. The summed E-state index contributed by atoms with van der Waals surface area (Å²) in [7, 11) is 0. The van der Waals surface area contributed by atoms with Crippen LogP contribution < -0.4 is 14.5 Å². The van der Waals surface area contributed by atoms with Gasteiger partial charge in [-0.2, -0.15) is 5.56 Å². The number of nitrogens with zero attached hydrogens (tertiary/aromatic N) is 4. The fraction of sp³-hybridized carbons (Fsp3) is 0.333. The molecule has 0 spiro atoms. The smallest absolute Gasteiger partial charge is 0.503 e. The minimum Gasteiger partial charge on any atom is -0.503 e. The molecule has 3 heterocycles. The van der Waals surface area contributed by atoms with Crippen LogP contribution in [-0.2, 0) is 43.9 Å². The molecule has 6 heteroatoms. The zero-order valence-electron chi connectivity index (χ0n) is 37.4. The molecule has 0 saturated carbocycles. The first kappa shape index (κ1) is 41.7. The Labute approximate surface area is 372 Å². The topological polar surface area (TPSA) is 41.0 Å². The number of hydrogen-bond acceptors (Lipinski definition) is 5. The summed E-state index contributed by atoms with van der Waals surface area (Å²) in [6.45, 7) is 29.2. The number of pyridine rings is 1. The van der Waals surface area contributed by atoms with Crippen LogP contribution in [0.1, 0.15) is 115 Å². The van der Waals surface area contributed by atoms with Gasteiger partial charge in [-0.1, -0.05) is 133 Å². The van der Waals surface area contributed by atoms with Crippen LogP contribution in [0.2, 0.25) is 0 Å². The maximum atomic E-state index is 6.93. The zero-order chi connectivity index (χ0) is 42.0. The molecule has 0 N–H and O–H groups in total. The van der Waals surface area contributed by atoms with E-state index >= 15 is 0 Å². The first-order chi connectivity index (χ1) is 27.8. The second-order valence-electron chi connectivity index (χ2n) is 19.4. The maximum absolute atomic E-state index is 6.93. The van der Waals surface area contributed by atoms with Crippen LogP contribution in [0, 0.1) is 53.7 Å². The van der Waals surface area contributed by atoms with E-state index in [0.717, 1.165) is 51.7 Å². The van der Waals surface area contributed by atoms with Crippen LogP contribution in [0.25, 0.3) is 0 Å². The van der Waals surface area contributed by atoms with Crippen LogP contribution in [-0.4, -0.2) is 16.4 Å². The first-order valence-corrected chi connectivity index (χ1v) is 21.0. The molecule has 2 aliphatic heterocycles. The Kier molecular flexibility index (Phi) is 9.95. The molecule has 1 aromatic heterocycles. The van der Waals surface area contributed by atoms with Gasteiger partial charge in [0.25, 0.3) is 0 Å². The third-order valence-electron chi connectivity index (χ3n) is 13.5. The number of hydrogen-bond donors (Lipinski definition) is 0. The number of fused-ring (bicyclic) bond motifs is 5. The van der Waals surface area contributed by atoms with Gasteiger partial charge >= 0.3 is 21.1 Å². The Hall–Kier alpha value is -4.99. The van der Waals surface area contributed by atoms with Crippen molar-refractivity contribution in [1.82, 2.24) is 4.98 Å². The number of aliphatic imine (C=N–C) groups is 1. The van der Waals surface area contributed by atoms with Crippen molar-refractivity contribution in [3.05, 3.63) is 170 Å². The number of rotatable bonds is 5. The third kappa shape index (κ3) is 6.29. The molecular weight excluding hydrogens is 916 g/mol. The van der Waals surface area contributed by atoms with Crippen molar-refractivity contribution in [2.24, 2.45) is 4.99 Å². The van der Waals surface area contributed by atoms with Crippen LogP contribution in [0.5, 0.6) is 11.5 Å². The van der Waals surface area contributed by atoms with Crippen molar-refractivity contribution in [3.63, 3.8) is 0 Å². The number of anilines is 4. The first-order valence-electron chi connectivity index (χ1n) is 21.0. The standard InChI is InChI=1S/C54H56N4O.Pt/c1-32-23-36(5)48(37(6)24-32)58-49(56-53(12)31-38-17-14-15-18-43(38)54(53,58)13)42-30-47(35(4)27-34(42)3)59-41-26-33(2)25-40(29-41)57-46-21-20-39(51(7,8)9)28-45(46)52(10,11)44-19-16-22-55-50(44)57;/h14-28H,31H2,1-13H3;/q-2;+2/t53-,54+;/m1./s1. The molecule has 9 rings (SSSR count). The summed E-state index contributed by atoms with van der Waals surface area (Å²) in [5.74, 6) is 3.14. The fourth-order valence-electron chi connectivity index (χ4n) is 10.3. The number of amidine groups is 1. The molecule has 0 amide bonds. The van der Waals surface area contributed by atoms with E-state index in [1.165, 1.54) is 50.2 Å². The predicted octanol–water partition coefficient (Wildman–Crippen LogP) is 13.2. The fourth-order valence-corrected chi connectivity index (χ4v) is 10.3. The predicted molar refractivity (Wildman–Crippen MR) is 244 cm³/mol. The van der Waals surface area contributed by atoms with Gasteiger partial charge in [-0.15, -0.1) is 35.4 Å². The summed E-state index contributed by atoms with van der Waals surface area (Å²) in [4.78, 5) is 15.5. The van der Waals surface area contributed by atoms with Crippen molar-refractivity contribution < 1.29 is 25.8 Å². The molecule has 3 aliphatic rings. The molecule has 0 bridgehead atoms. The van der Waals surface area contributed by atoms with Crippen molar-refractivity contribution >= 4 is 28.7 Å². The van der Waals surface area contributed by atoms with Gasteiger partial charge in [0.2, 0.25) is 0 Å². The SMILES string of the molecule is Cc1cc(Oc2[c-]c(C3=N[C@]4(C)Cc5ccccc5[C@]4(C)N3c3c(C)cc(C)cc3C)c(C)cc2C)[c-]c(N2c3ccc(C(C)(C)C)cc3C(C)(C)c3cccnc32)c1.[Pt+2]. The zero-order valence-corrected chi connectivity index (χ0v) is 39.7. The molecule has 1 aliphatic carbocycles. The number of aryl methyl sites for hydroxylation is 6. The number of ether oxygens (including phenoxy) is 1. The van der Waals surface area contributed by atoms with E-state index in [9.17, 15) is 0 Å². The molecule has 2 atom stereocenters. The molecule has 0 unspecified atom stereocenters. The number of aromatic nitrogens is 1. The largest absolute Gasteiger partial charge is 2.00 e. The van der Waals surface area contributed by atoms with E-state index in [4.69, 9.17) is 14.7 Å². The Morgan fingerprint density at radius 3 is 2.10 bits per heavy atom. The van der Waals surface area contributed by atoms with Gasteiger partial charge in [-0.3, -0.25) is 0 Å². The number of benzene rings is 5. The summed E-state index contributed by atoms with van der Waals surface area (Å²) < 4.78 is 6.93. The summed E-state index contributed by atoms with van der Waals surface area (Å²) in [6.07, 6.45) is 2.75.